The van der Waals surface area contributed by atoms with E-state index in [0.29, 0.717) is 39.1 Å². The van der Waals surface area contributed by atoms with E-state index < -0.39 is 0 Å². The summed E-state index contributed by atoms with van der Waals surface area (Å²) in [6, 6.07) is 19.8. The molecule has 6 nitrogen and oxygen atoms in total. The van der Waals surface area contributed by atoms with E-state index in [9.17, 15) is 9.18 Å². The minimum Gasteiger partial charge on any atom is -0.497 e. The van der Waals surface area contributed by atoms with Gasteiger partial charge in [-0.25, -0.2) is 4.39 Å². The molecule has 174 valence electrons. The molecule has 0 bridgehead atoms. The van der Waals surface area contributed by atoms with Crippen molar-refractivity contribution in [2.24, 2.45) is 0 Å². The molecule has 0 fully saturated rings. The Bertz CT molecular complexity index is 1270. The topological polar surface area (TPSA) is 64.8 Å². The molecule has 4 aromatic rings. The van der Waals surface area contributed by atoms with Crippen LogP contribution in [-0.4, -0.2) is 30.2 Å². The largest absolute Gasteiger partial charge is 0.497 e. The number of ether oxygens (including phenoxy) is 2. The van der Waals surface area contributed by atoms with Gasteiger partial charge in [0.25, 0.3) is 5.91 Å². The summed E-state index contributed by atoms with van der Waals surface area (Å²) >= 11 is 5.98. The first kappa shape index (κ1) is 23.3. The van der Waals surface area contributed by atoms with Crippen LogP contribution >= 0.6 is 11.6 Å². The first-order valence-electron chi connectivity index (χ1n) is 10.4. The van der Waals surface area contributed by atoms with Gasteiger partial charge in [-0.2, -0.15) is 0 Å². The smallest absolute Gasteiger partial charge is 0.254 e. The van der Waals surface area contributed by atoms with Crippen molar-refractivity contribution in [2.75, 3.05) is 14.2 Å². The predicted molar refractivity (Wildman–Crippen MR) is 126 cm³/mol. The van der Waals surface area contributed by atoms with E-state index in [2.05, 4.69) is 5.16 Å². The summed E-state index contributed by atoms with van der Waals surface area (Å²) in [6.45, 7) is 0.432. The number of carbonyl (C=O) groups excluding carboxylic acids is 1. The van der Waals surface area contributed by atoms with Crippen molar-refractivity contribution in [3.05, 3.63) is 100 Å². The van der Waals surface area contributed by atoms with Gasteiger partial charge < -0.3 is 18.9 Å². The van der Waals surface area contributed by atoms with Crippen molar-refractivity contribution in [2.45, 2.75) is 13.1 Å². The maximum atomic E-state index is 13.4. The number of aromatic nitrogens is 1. The van der Waals surface area contributed by atoms with Crippen molar-refractivity contribution in [3.63, 3.8) is 0 Å². The fraction of sp³-hybridized carbons (Fsp3) is 0.154. The number of rotatable bonds is 8. The van der Waals surface area contributed by atoms with Crippen LogP contribution in [0.3, 0.4) is 0 Å². The third-order valence-electron chi connectivity index (χ3n) is 5.25. The van der Waals surface area contributed by atoms with Gasteiger partial charge in [0.05, 0.1) is 26.3 Å². The maximum Gasteiger partial charge on any atom is 0.254 e. The maximum absolute atomic E-state index is 13.4. The number of hydrogen-bond donors (Lipinski definition) is 0. The zero-order chi connectivity index (χ0) is 24.1. The Kier molecular flexibility index (Phi) is 7.13. The Balaban J connectivity index is 1.63. The lowest BCUT2D eigenvalue weighted by atomic mass is 10.1. The van der Waals surface area contributed by atoms with E-state index in [1.807, 2.05) is 0 Å². The van der Waals surface area contributed by atoms with Crippen molar-refractivity contribution >= 4 is 17.5 Å². The molecular weight excluding hydrogens is 459 g/mol. The molecule has 0 unspecified atom stereocenters. The predicted octanol–water partition coefficient (Wildman–Crippen LogP) is 5.99. The number of nitrogens with zero attached hydrogens (tertiary/aromatic N) is 2. The van der Waals surface area contributed by atoms with Crippen LogP contribution < -0.4 is 9.47 Å². The molecule has 0 saturated carbocycles. The molecule has 0 N–H and O–H groups in total. The molecule has 0 saturated heterocycles. The van der Waals surface area contributed by atoms with Crippen LogP contribution in [0.15, 0.2) is 77.3 Å². The first-order valence-corrected chi connectivity index (χ1v) is 10.8. The highest BCUT2D eigenvalue weighted by Crippen LogP contribution is 2.34. The van der Waals surface area contributed by atoms with E-state index in [0.717, 1.165) is 5.56 Å². The highest BCUT2D eigenvalue weighted by atomic mass is 35.5. The summed E-state index contributed by atoms with van der Waals surface area (Å²) in [5.41, 5.74) is 2.48. The summed E-state index contributed by atoms with van der Waals surface area (Å²) in [5.74, 6) is 1.16. The molecule has 1 amide bonds. The summed E-state index contributed by atoms with van der Waals surface area (Å²) in [4.78, 5) is 14.9. The second-order valence-electron chi connectivity index (χ2n) is 7.54. The average molecular weight is 481 g/mol. The Morgan fingerprint density at radius 2 is 1.71 bits per heavy atom. The van der Waals surface area contributed by atoms with E-state index in [1.165, 1.54) is 12.1 Å². The Hall–Kier alpha value is -3.84. The normalized spacial score (nSPS) is 10.7. The quantitative estimate of drug-likeness (QED) is 0.310. The van der Waals surface area contributed by atoms with E-state index in [-0.39, 0.29) is 24.8 Å². The van der Waals surface area contributed by atoms with Crippen LogP contribution in [0.4, 0.5) is 4.39 Å². The summed E-state index contributed by atoms with van der Waals surface area (Å²) < 4.78 is 29.7. The lowest BCUT2D eigenvalue weighted by molar-refractivity contribution is 0.0726. The van der Waals surface area contributed by atoms with Gasteiger partial charge in [-0.1, -0.05) is 28.9 Å². The molecule has 0 radical (unpaired) electrons. The molecule has 0 aliphatic carbocycles. The Labute approximate surface area is 201 Å². The molecular formula is C26H22ClFN2O4. The molecule has 3 aromatic carbocycles. The van der Waals surface area contributed by atoms with Gasteiger partial charge in [0.1, 0.15) is 23.0 Å². The molecule has 8 heteroatoms. The van der Waals surface area contributed by atoms with Crippen LogP contribution in [0.2, 0.25) is 5.02 Å². The Morgan fingerprint density at radius 3 is 2.38 bits per heavy atom. The molecule has 0 atom stereocenters. The minimum absolute atomic E-state index is 0.175. The number of amides is 1. The lowest BCUT2D eigenvalue weighted by Gasteiger charge is -2.22. The van der Waals surface area contributed by atoms with Gasteiger partial charge in [-0.15, -0.1) is 0 Å². The van der Waals surface area contributed by atoms with Crippen LogP contribution in [0, 0.1) is 5.82 Å². The molecule has 0 aliphatic heterocycles. The van der Waals surface area contributed by atoms with Crippen molar-refractivity contribution < 1.29 is 23.2 Å². The first-order chi connectivity index (χ1) is 16.5. The van der Waals surface area contributed by atoms with Gasteiger partial charge in [-0.3, -0.25) is 4.79 Å². The van der Waals surface area contributed by atoms with Crippen molar-refractivity contribution in [1.29, 1.82) is 0 Å². The van der Waals surface area contributed by atoms with Crippen LogP contribution in [0.5, 0.6) is 11.5 Å². The second kappa shape index (κ2) is 10.4. The molecule has 0 spiro atoms. The van der Waals surface area contributed by atoms with Gasteiger partial charge in [0.2, 0.25) is 0 Å². The number of halogens is 2. The molecule has 1 heterocycles. The number of methoxy groups -OCH3 is 2. The highest BCUT2D eigenvalue weighted by molar-refractivity contribution is 6.30. The number of carbonyl (C=O) groups is 1. The number of benzene rings is 3. The average Bonchev–Trinajstić information content (AvgIpc) is 3.33. The highest BCUT2D eigenvalue weighted by Gasteiger charge is 2.20. The van der Waals surface area contributed by atoms with Gasteiger partial charge in [0.15, 0.2) is 5.76 Å². The Morgan fingerprint density at radius 1 is 0.971 bits per heavy atom. The third kappa shape index (κ3) is 5.38. The number of hydrogen-bond acceptors (Lipinski definition) is 5. The van der Waals surface area contributed by atoms with Crippen LogP contribution in [0.25, 0.3) is 11.3 Å². The lowest BCUT2D eigenvalue weighted by Crippen LogP contribution is -2.30. The van der Waals surface area contributed by atoms with Gasteiger partial charge in [-0.05, 0) is 60.2 Å². The van der Waals surface area contributed by atoms with E-state index in [4.69, 9.17) is 25.6 Å². The molecule has 0 aliphatic rings. The third-order valence-corrected chi connectivity index (χ3v) is 5.50. The SMILES string of the molecule is COc1ccc(OC)c(-c2cc(CN(Cc3ccc(F)cc3)C(=O)c3ccc(Cl)cc3)no2)c1. The van der Waals surface area contributed by atoms with Crippen molar-refractivity contribution in [3.8, 4) is 22.8 Å². The zero-order valence-corrected chi connectivity index (χ0v) is 19.4. The monoisotopic (exact) mass is 480 g/mol. The molecule has 34 heavy (non-hydrogen) atoms. The summed E-state index contributed by atoms with van der Waals surface area (Å²) in [6.07, 6.45) is 0. The fourth-order valence-corrected chi connectivity index (χ4v) is 3.63. The van der Waals surface area contributed by atoms with Crippen LogP contribution in [0.1, 0.15) is 21.6 Å². The van der Waals surface area contributed by atoms with E-state index in [1.54, 1.807) is 79.8 Å². The summed E-state index contributed by atoms with van der Waals surface area (Å²) in [5, 5.41) is 4.70. The second-order valence-corrected chi connectivity index (χ2v) is 7.98. The zero-order valence-electron chi connectivity index (χ0n) is 18.6. The molecule has 1 aromatic heterocycles. The van der Waals surface area contributed by atoms with Gasteiger partial charge in [0, 0.05) is 23.2 Å². The van der Waals surface area contributed by atoms with Crippen LogP contribution in [-0.2, 0) is 13.1 Å². The van der Waals surface area contributed by atoms with Crippen molar-refractivity contribution in [1.82, 2.24) is 10.1 Å². The fourth-order valence-electron chi connectivity index (χ4n) is 3.50. The molecule has 4 rings (SSSR count). The van der Waals surface area contributed by atoms with Gasteiger partial charge >= 0.3 is 0 Å². The van der Waals surface area contributed by atoms with E-state index >= 15 is 0 Å². The summed E-state index contributed by atoms with van der Waals surface area (Å²) in [7, 11) is 3.14. The standard InChI is InChI=1S/C26H22ClFN2O4/c1-32-22-11-12-24(33-2)23(14-22)25-13-21(29-34-25)16-30(15-17-3-9-20(28)10-4-17)26(31)18-5-7-19(27)8-6-18/h3-14H,15-16H2,1-2H3. The minimum atomic E-state index is -0.340.